The van der Waals surface area contributed by atoms with E-state index in [-0.39, 0.29) is 5.91 Å². The topological polar surface area (TPSA) is 59.6 Å². The van der Waals surface area contributed by atoms with E-state index in [4.69, 9.17) is 23.8 Å². The Balaban J connectivity index is 1.94. The molecule has 0 atom stereocenters. The van der Waals surface area contributed by atoms with E-state index in [1.54, 1.807) is 0 Å². The SMILES string of the molecule is CC(=O)Nc1ccc(NC(=S)Nc2ccc(N(C)CCN(C)C)c(Cl)c2)cc1. The van der Waals surface area contributed by atoms with Gasteiger partial charge in [-0.15, -0.1) is 0 Å². The van der Waals surface area contributed by atoms with Crippen molar-refractivity contribution in [3.8, 4) is 0 Å². The van der Waals surface area contributed by atoms with Gasteiger partial charge in [-0.3, -0.25) is 4.79 Å². The van der Waals surface area contributed by atoms with Crippen molar-refractivity contribution in [3.63, 3.8) is 0 Å². The van der Waals surface area contributed by atoms with Gasteiger partial charge in [-0.25, -0.2) is 0 Å². The molecule has 8 heteroatoms. The van der Waals surface area contributed by atoms with Crippen LogP contribution >= 0.6 is 23.8 Å². The summed E-state index contributed by atoms with van der Waals surface area (Å²) in [6.45, 7) is 3.30. The lowest BCUT2D eigenvalue weighted by Crippen LogP contribution is -2.28. The van der Waals surface area contributed by atoms with Crippen LogP contribution in [0.2, 0.25) is 5.02 Å². The predicted octanol–water partition coefficient (Wildman–Crippen LogP) is 4.11. The van der Waals surface area contributed by atoms with Crippen LogP contribution in [-0.2, 0) is 4.79 Å². The largest absolute Gasteiger partial charge is 0.372 e. The summed E-state index contributed by atoms with van der Waals surface area (Å²) in [6, 6.07) is 13.1. The fourth-order valence-corrected chi connectivity index (χ4v) is 3.06. The minimum atomic E-state index is -0.106. The second-order valence-corrected chi connectivity index (χ2v) is 7.54. The summed E-state index contributed by atoms with van der Waals surface area (Å²) in [5.74, 6) is -0.106. The molecule has 28 heavy (non-hydrogen) atoms. The lowest BCUT2D eigenvalue weighted by Gasteiger charge is -2.23. The maximum absolute atomic E-state index is 11.1. The number of benzene rings is 2. The first-order valence-electron chi connectivity index (χ1n) is 8.85. The monoisotopic (exact) mass is 419 g/mol. The molecule has 0 saturated heterocycles. The molecule has 0 fully saturated rings. The van der Waals surface area contributed by atoms with Gasteiger partial charge >= 0.3 is 0 Å². The molecule has 2 aromatic rings. The molecule has 0 aliphatic heterocycles. The highest BCUT2D eigenvalue weighted by molar-refractivity contribution is 7.80. The highest BCUT2D eigenvalue weighted by Crippen LogP contribution is 2.28. The second-order valence-electron chi connectivity index (χ2n) is 6.73. The van der Waals surface area contributed by atoms with Gasteiger partial charge in [0.15, 0.2) is 5.11 Å². The average Bonchev–Trinajstić information content (AvgIpc) is 2.61. The molecule has 0 heterocycles. The number of carbonyl (C=O) groups excluding carboxylic acids is 1. The number of carbonyl (C=O) groups is 1. The minimum absolute atomic E-state index is 0.106. The van der Waals surface area contributed by atoms with Crippen LogP contribution in [-0.4, -0.2) is 50.2 Å². The maximum Gasteiger partial charge on any atom is 0.221 e. The Morgan fingerprint density at radius 2 is 1.46 bits per heavy atom. The average molecular weight is 420 g/mol. The molecule has 0 aromatic heterocycles. The minimum Gasteiger partial charge on any atom is -0.372 e. The molecule has 0 aliphatic carbocycles. The fraction of sp³-hybridized carbons (Fsp3) is 0.300. The highest BCUT2D eigenvalue weighted by Gasteiger charge is 2.08. The van der Waals surface area contributed by atoms with Gasteiger partial charge < -0.3 is 25.8 Å². The van der Waals surface area contributed by atoms with Gasteiger partial charge in [-0.1, -0.05) is 11.6 Å². The molecule has 0 saturated carbocycles. The Morgan fingerprint density at radius 1 is 0.929 bits per heavy atom. The first-order chi connectivity index (χ1) is 13.2. The normalized spacial score (nSPS) is 10.5. The molecule has 0 spiro atoms. The number of likely N-dealkylation sites (N-methyl/N-ethyl adjacent to an activating group) is 2. The Morgan fingerprint density at radius 3 is 2.00 bits per heavy atom. The van der Waals surface area contributed by atoms with Crippen molar-refractivity contribution in [3.05, 3.63) is 47.5 Å². The molecule has 1 amide bonds. The number of rotatable bonds is 7. The summed E-state index contributed by atoms with van der Waals surface area (Å²) >= 11 is 11.8. The van der Waals surface area contributed by atoms with Crippen molar-refractivity contribution in [2.75, 3.05) is 55.1 Å². The number of hydrogen-bond donors (Lipinski definition) is 3. The van der Waals surface area contributed by atoms with E-state index in [0.29, 0.717) is 10.1 Å². The number of halogens is 1. The highest BCUT2D eigenvalue weighted by atomic mass is 35.5. The van der Waals surface area contributed by atoms with Gasteiger partial charge in [0.1, 0.15) is 0 Å². The summed E-state index contributed by atoms with van der Waals surface area (Å²) in [5.41, 5.74) is 3.33. The lowest BCUT2D eigenvalue weighted by molar-refractivity contribution is -0.114. The first kappa shape index (κ1) is 21.9. The van der Waals surface area contributed by atoms with Gasteiger partial charge in [0.05, 0.1) is 10.7 Å². The quantitative estimate of drug-likeness (QED) is 0.587. The van der Waals surface area contributed by atoms with Crippen LogP contribution in [0.4, 0.5) is 22.7 Å². The van der Waals surface area contributed by atoms with Crippen LogP contribution in [0.3, 0.4) is 0 Å². The third-order valence-corrected chi connectivity index (χ3v) is 4.47. The van der Waals surface area contributed by atoms with Crippen LogP contribution < -0.4 is 20.9 Å². The number of hydrogen-bond acceptors (Lipinski definition) is 4. The molecule has 6 nitrogen and oxygen atoms in total. The van der Waals surface area contributed by atoms with E-state index in [0.717, 1.165) is 35.8 Å². The van der Waals surface area contributed by atoms with Crippen molar-refractivity contribution in [2.24, 2.45) is 0 Å². The summed E-state index contributed by atoms with van der Waals surface area (Å²) in [7, 11) is 6.11. The summed E-state index contributed by atoms with van der Waals surface area (Å²) in [6.07, 6.45) is 0. The molecular formula is C20H26ClN5OS. The predicted molar refractivity (Wildman–Crippen MR) is 124 cm³/mol. The molecule has 0 aliphatic rings. The molecule has 150 valence electrons. The van der Waals surface area contributed by atoms with Crippen molar-refractivity contribution < 1.29 is 4.79 Å². The van der Waals surface area contributed by atoms with E-state index in [2.05, 4.69) is 25.8 Å². The maximum atomic E-state index is 11.1. The molecule has 3 N–H and O–H groups in total. The fourth-order valence-electron chi connectivity index (χ4n) is 2.50. The molecular weight excluding hydrogens is 394 g/mol. The second kappa shape index (κ2) is 10.3. The summed E-state index contributed by atoms with van der Waals surface area (Å²) < 4.78 is 0. The van der Waals surface area contributed by atoms with E-state index in [1.807, 2.05) is 63.6 Å². The molecule has 0 radical (unpaired) electrons. The Kier molecular flexibility index (Phi) is 8.04. The van der Waals surface area contributed by atoms with Crippen LogP contribution in [0, 0.1) is 0 Å². The Bertz CT molecular complexity index is 826. The standard InChI is InChI=1S/C20H26ClN5OS/c1-14(27)22-15-5-7-16(8-6-15)23-20(28)24-17-9-10-19(18(21)13-17)26(4)12-11-25(2)3/h5-10,13H,11-12H2,1-4H3,(H,22,27)(H2,23,24,28). The zero-order valence-corrected chi connectivity index (χ0v) is 18.1. The van der Waals surface area contributed by atoms with E-state index >= 15 is 0 Å². The Hall–Kier alpha value is -2.35. The van der Waals surface area contributed by atoms with Gasteiger partial charge in [-0.2, -0.15) is 0 Å². The molecule has 2 aromatic carbocycles. The van der Waals surface area contributed by atoms with Crippen LogP contribution in [0.5, 0.6) is 0 Å². The first-order valence-corrected chi connectivity index (χ1v) is 9.64. The smallest absolute Gasteiger partial charge is 0.221 e. The van der Waals surface area contributed by atoms with Gasteiger partial charge in [-0.05, 0) is 68.8 Å². The van der Waals surface area contributed by atoms with Gasteiger partial charge in [0.25, 0.3) is 0 Å². The van der Waals surface area contributed by atoms with Crippen LogP contribution in [0.15, 0.2) is 42.5 Å². The van der Waals surface area contributed by atoms with Gasteiger partial charge in [0.2, 0.25) is 5.91 Å². The van der Waals surface area contributed by atoms with Crippen molar-refractivity contribution in [1.29, 1.82) is 0 Å². The van der Waals surface area contributed by atoms with Crippen molar-refractivity contribution in [2.45, 2.75) is 6.92 Å². The van der Waals surface area contributed by atoms with Crippen molar-refractivity contribution >= 4 is 57.6 Å². The number of thiocarbonyl (C=S) groups is 1. The van der Waals surface area contributed by atoms with Crippen LogP contribution in [0.25, 0.3) is 0 Å². The Labute approximate surface area is 176 Å². The third-order valence-electron chi connectivity index (χ3n) is 3.96. The number of nitrogens with zero attached hydrogens (tertiary/aromatic N) is 2. The zero-order chi connectivity index (χ0) is 20.7. The van der Waals surface area contributed by atoms with E-state index < -0.39 is 0 Å². The summed E-state index contributed by atoms with van der Waals surface area (Å²) in [4.78, 5) is 15.3. The van der Waals surface area contributed by atoms with Gasteiger partial charge in [0, 0.05) is 44.1 Å². The number of nitrogens with one attached hydrogen (secondary N) is 3. The van der Waals surface area contributed by atoms with Crippen molar-refractivity contribution in [1.82, 2.24) is 4.90 Å². The lowest BCUT2D eigenvalue weighted by atomic mass is 10.2. The molecule has 2 rings (SSSR count). The van der Waals surface area contributed by atoms with Crippen LogP contribution in [0.1, 0.15) is 6.92 Å². The molecule has 0 bridgehead atoms. The van der Waals surface area contributed by atoms with E-state index in [9.17, 15) is 4.79 Å². The zero-order valence-electron chi connectivity index (χ0n) is 16.5. The summed E-state index contributed by atoms with van der Waals surface area (Å²) in [5, 5.41) is 10.1. The molecule has 0 unspecified atom stereocenters. The number of amides is 1. The van der Waals surface area contributed by atoms with E-state index in [1.165, 1.54) is 6.92 Å². The number of anilines is 4. The third kappa shape index (κ3) is 6.99.